The molecular formula is C35H54N6O4. The van der Waals surface area contributed by atoms with E-state index in [4.69, 9.17) is 4.74 Å². The minimum atomic E-state index is 0. The number of Topliss-reactive ketones (excluding diaryl/α,β-unsaturated/α-hetero) is 3. The van der Waals surface area contributed by atoms with Gasteiger partial charge in [-0.25, -0.2) is 0 Å². The van der Waals surface area contributed by atoms with Crippen molar-refractivity contribution >= 4 is 17.3 Å². The number of rotatable bonds is 9. The van der Waals surface area contributed by atoms with E-state index in [1.54, 1.807) is 20.8 Å². The third-order valence-electron chi connectivity index (χ3n) is 10.7. The van der Waals surface area contributed by atoms with Gasteiger partial charge in [0.2, 0.25) is 0 Å². The lowest BCUT2D eigenvalue weighted by Gasteiger charge is -2.42. The van der Waals surface area contributed by atoms with Gasteiger partial charge in [0.15, 0.2) is 11.6 Å². The monoisotopic (exact) mass is 622 g/mol. The Hall–Kier alpha value is -2.82. The van der Waals surface area contributed by atoms with Gasteiger partial charge < -0.3 is 15.4 Å². The fraction of sp³-hybridized carbons (Fsp3) is 0.714. The summed E-state index contributed by atoms with van der Waals surface area (Å²) in [7, 11) is 0. The molecule has 248 valence electrons. The molecule has 8 atom stereocenters. The van der Waals surface area contributed by atoms with Crippen molar-refractivity contribution in [3.05, 3.63) is 41.2 Å². The van der Waals surface area contributed by atoms with E-state index in [1.807, 2.05) is 12.1 Å². The van der Waals surface area contributed by atoms with Crippen molar-refractivity contribution in [1.82, 2.24) is 31.3 Å². The van der Waals surface area contributed by atoms with E-state index in [0.29, 0.717) is 36.1 Å². The first-order chi connectivity index (χ1) is 21.2. The number of H-pyrrole nitrogens is 1. The molecule has 1 aromatic carbocycles. The Balaban J connectivity index is 0.000000201. The molecule has 1 aromatic heterocycles. The summed E-state index contributed by atoms with van der Waals surface area (Å²) in [5, 5.41) is 20.5. The van der Waals surface area contributed by atoms with E-state index in [9.17, 15) is 14.4 Å². The quantitative estimate of drug-likeness (QED) is 0.338. The molecule has 0 bridgehead atoms. The Morgan fingerprint density at radius 3 is 1.89 bits per heavy atom. The number of carbonyl (C=O) groups excluding carboxylic acids is 3. The fourth-order valence-electron chi connectivity index (χ4n) is 8.05. The average molecular weight is 623 g/mol. The zero-order valence-corrected chi connectivity index (χ0v) is 26.6. The van der Waals surface area contributed by atoms with E-state index in [2.05, 4.69) is 43.4 Å². The van der Waals surface area contributed by atoms with Gasteiger partial charge in [-0.1, -0.05) is 36.9 Å². The maximum Gasteiger partial charge on any atom is 0.200 e. The van der Waals surface area contributed by atoms with E-state index in [0.717, 1.165) is 56.4 Å². The number of fused-ring (bicyclic) bond motifs is 2. The molecule has 3 N–H and O–H groups in total. The number of aromatic nitrogens is 4. The summed E-state index contributed by atoms with van der Waals surface area (Å²) in [5.74, 6) is 5.41. The van der Waals surface area contributed by atoms with Crippen LogP contribution in [0.2, 0.25) is 0 Å². The topological polar surface area (TPSA) is 139 Å². The van der Waals surface area contributed by atoms with Gasteiger partial charge in [0.05, 0.1) is 18.7 Å². The zero-order valence-electron chi connectivity index (χ0n) is 26.6. The first-order valence-corrected chi connectivity index (χ1v) is 16.6. The molecule has 2 saturated carbocycles. The number of tetrazole rings is 1. The molecule has 2 aromatic rings. The predicted octanol–water partition coefficient (Wildman–Crippen LogP) is 4.75. The lowest BCUT2D eigenvalue weighted by Crippen LogP contribution is -2.49. The summed E-state index contributed by atoms with van der Waals surface area (Å²) in [5.41, 5.74) is 2.12. The standard InChI is InChI=1S/C20H27NO2.C14H23N5O2.CH4/c1-13(22)17-6-3-15(4-7-17)9-16-5-8-18-12-21-20(14(2)23)11-19(18)10-16;1-9(20)13-5-12-4-10(2-3-11(12)6-15-13)7-21-8-14-16-18-19-17-14;/h3-4,6-7,16,18-21H,5,8-12H2,1-2H3;10-13,15H,2-8H2,1H3,(H,16,17,18,19);1H4. The molecule has 2 saturated heterocycles. The fourth-order valence-corrected chi connectivity index (χ4v) is 8.05. The predicted molar refractivity (Wildman–Crippen MR) is 174 cm³/mol. The number of aromatic amines is 1. The number of hydrogen-bond donors (Lipinski definition) is 3. The van der Waals surface area contributed by atoms with Crippen LogP contribution in [0.3, 0.4) is 0 Å². The van der Waals surface area contributed by atoms with Gasteiger partial charge in [-0.2, -0.15) is 5.21 Å². The van der Waals surface area contributed by atoms with E-state index in [-0.39, 0.29) is 36.9 Å². The summed E-state index contributed by atoms with van der Waals surface area (Å²) in [4.78, 5) is 34.5. The Kier molecular flexibility index (Phi) is 13.0. The van der Waals surface area contributed by atoms with Crippen LogP contribution >= 0.6 is 0 Å². The van der Waals surface area contributed by atoms with Crippen LogP contribution in [0.4, 0.5) is 0 Å². The van der Waals surface area contributed by atoms with Crippen molar-refractivity contribution < 1.29 is 19.1 Å². The highest BCUT2D eigenvalue weighted by Crippen LogP contribution is 2.40. The number of ketones is 3. The molecule has 0 spiro atoms. The van der Waals surface area contributed by atoms with Crippen molar-refractivity contribution in [1.29, 1.82) is 0 Å². The lowest BCUT2D eigenvalue weighted by molar-refractivity contribution is -0.121. The molecule has 4 aliphatic rings. The highest BCUT2D eigenvalue weighted by atomic mass is 16.5. The summed E-state index contributed by atoms with van der Waals surface area (Å²) in [6.07, 6.45) is 10.5. The van der Waals surface area contributed by atoms with Gasteiger partial charge in [-0.15, -0.1) is 10.2 Å². The second-order valence-corrected chi connectivity index (χ2v) is 13.8. The number of nitrogens with zero attached hydrogens (tertiary/aromatic N) is 3. The molecule has 0 amide bonds. The summed E-state index contributed by atoms with van der Waals surface area (Å²) < 4.78 is 5.70. The maximum atomic E-state index is 11.6. The molecule has 8 unspecified atom stereocenters. The number of benzene rings is 1. The summed E-state index contributed by atoms with van der Waals surface area (Å²) in [6.45, 7) is 8.16. The van der Waals surface area contributed by atoms with E-state index in [1.165, 1.54) is 44.1 Å². The van der Waals surface area contributed by atoms with Crippen LogP contribution in [-0.4, -0.2) is 69.8 Å². The van der Waals surface area contributed by atoms with Crippen LogP contribution in [0, 0.1) is 35.5 Å². The summed E-state index contributed by atoms with van der Waals surface area (Å²) >= 11 is 0. The van der Waals surface area contributed by atoms with Crippen molar-refractivity contribution in [3.63, 3.8) is 0 Å². The highest BCUT2D eigenvalue weighted by Gasteiger charge is 2.37. The molecule has 3 heterocycles. The van der Waals surface area contributed by atoms with Crippen molar-refractivity contribution in [2.45, 2.75) is 105 Å². The largest absolute Gasteiger partial charge is 0.373 e. The first kappa shape index (κ1) is 35.0. The average Bonchev–Trinajstić information content (AvgIpc) is 3.54. The van der Waals surface area contributed by atoms with Gasteiger partial charge in [-0.3, -0.25) is 14.4 Å². The van der Waals surface area contributed by atoms with Gasteiger partial charge in [0.25, 0.3) is 0 Å². The van der Waals surface area contributed by atoms with E-state index >= 15 is 0 Å². The Labute approximate surface area is 268 Å². The number of ether oxygens (including phenoxy) is 1. The Morgan fingerprint density at radius 1 is 0.778 bits per heavy atom. The smallest absolute Gasteiger partial charge is 0.200 e. The molecule has 6 rings (SSSR count). The van der Waals surface area contributed by atoms with Gasteiger partial charge in [0, 0.05) is 5.56 Å². The van der Waals surface area contributed by atoms with Crippen LogP contribution in [0.15, 0.2) is 24.3 Å². The molecule has 45 heavy (non-hydrogen) atoms. The van der Waals surface area contributed by atoms with Crippen LogP contribution < -0.4 is 10.6 Å². The molecular weight excluding hydrogens is 568 g/mol. The second-order valence-electron chi connectivity index (χ2n) is 13.8. The molecule has 2 aliphatic heterocycles. The van der Waals surface area contributed by atoms with Gasteiger partial charge >= 0.3 is 0 Å². The summed E-state index contributed by atoms with van der Waals surface area (Å²) in [6, 6.07) is 8.22. The molecule has 10 heteroatoms. The number of piperidine rings is 2. The molecule has 0 radical (unpaired) electrons. The molecule has 10 nitrogen and oxygen atoms in total. The normalized spacial score (nSPS) is 30.8. The number of hydrogen-bond acceptors (Lipinski definition) is 9. The zero-order chi connectivity index (χ0) is 31.1. The van der Waals surface area contributed by atoms with E-state index < -0.39 is 0 Å². The van der Waals surface area contributed by atoms with Crippen molar-refractivity contribution in [3.8, 4) is 0 Å². The Morgan fingerprint density at radius 2 is 1.36 bits per heavy atom. The highest BCUT2D eigenvalue weighted by molar-refractivity contribution is 5.94. The van der Waals surface area contributed by atoms with Crippen LogP contribution in [0.1, 0.15) is 101 Å². The second kappa shape index (κ2) is 16.7. The van der Waals surface area contributed by atoms with Gasteiger partial charge in [-0.05, 0) is 133 Å². The van der Waals surface area contributed by atoms with Gasteiger partial charge in [0.1, 0.15) is 18.2 Å². The maximum absolute atomic E-state index is 11.6. The van der Waals surface area contributed by atoms with Crippen LogP contribution in [-0.2, 0) is 27.4 Å². The molecule has 4 fully saturated rings. The number of carbonyl (C=O) groups is 3. The third-order valence-corrected chi connectivity index (χ3v) is 10.7. The van der Waals surface area contributed by atoms with Crippen molar-refractivity contribution in [2.24, 2.45) is 35.5 Å². The number of nitrogens with one attached hydrogen (secondary N) is 3. The minimum Gasteiger partial charge on any atom is -0.373 e. The molecule has 2 aliphatic carbocycles. The first-order valence-electron chi connectivity index (χ1n) is 16.6. The van der Waals surface area contributed by atoms with Crippen LogP contribution in [0.5, 0.6) is 0 Å². The lowest BCUT2D eigenvalue weighted by atomic mass is 9.68. The van der Waals surface area contributed by atoms with Crippen molar-refractivity contribution in [2.75, 3.05) is 19.7 Å². The van der Waals surface area contributed by atoms with Crippen LogP contribution in [0.25, 0.3) is 0 Å². The Bertz CT molecular complexity index is 1240. The third kappa shape index (κ3) is 9.83. The minimum absolute atomic E-state index is 0. The SMILES string of the molecule is C.CC(=O)C1CC2CC(COCc3nn[nH]n3)CCC2CN1.CC(=O)c1ccc(CC2CCC3CNC(C(C)=O)CC3C2)cc1.